The van der Waals surface area contributed by atoms with Gasteiger partial charge in [-0.1, -0.05) is 6.92 Å². The molecule has 1 unspecified atom stereocenters. The molecule has 1 heterocycles. The molecule has 0 saturated carbocycles. The van der Waals surface area contributed by atoms with E-state index in [2.05, 4.69) is 11.9 Å². The predicted octanol–water partition coefficient (Wildman–Crippen LogP) is 0.942. The molecule has 0 aliphatic carbocycles. The van der Waals surface area contributed by atoms with Gasteiger partial charge in [0.15, 0.2) is 0 Å². The van der Waals surface area contributed by atoms with Crippen molar-refractivity contribution in [3.63, 3.8) is 0 Å². The molecule has 15 heavy (non-hydrogen) atoms. The third-order valence-electron chi connectivity index (χ3n) is 2.84. The van der Waals surface area contributed by atoms with Gasteiger partial charge >= 0.3 is 5.69 Å². The number of hydrogen-bond donors (Lipinski definition) is 1. The second kappa shape index (κ2) is 4.57. The highest BCUT2D eigenvalue weighted by atomic mass is 16.1. The third-order valence-corrected chi connectivity index (χ3v) is 2.84. The number of nitrogens with two attached hydrogens (primary N) is 1. The highest BCUT2D eigenvalue weighted by Gasteiger charge is 2.14. The molecular weight excluding hydrogens is 190 g/mol. The minimum atomic E-state index is -0.166. The number of nitrogens with zero attached hydrogens (tertiary/aromatic N) is 2. The first-order chi connectivity index (χ1) is 7.02. The zero-order valence-corrected chi connectivity index (χ0v) is 9.87. The van der Waals surface area contributed by atoms with E-state index in [0.29, 0.717) is 13.1 Å². The Bertz CT molecular complexity index is 409. The second-order valence-electron chi connectivity index (χ2n) is 3.86. The molecule has 0 amide bonds. The minimum Gasteiger partial charge on any atom is -0.330 e. The largest absolute Gasteiger partial charge is 0.347 e. The zero-order chi connectivity index (χ0) is 11.6. The number of hydrogen-bond acceptors (Lipinski definition) is 3. The van der Waals surface area contributed by atoms with Gasteiger partial charge in [-0.15, -0.1) is 0 Å². The van der Waals surface area contributed by atoms with Gasteiger partial charge in [0.1, 0.15) is 0 Å². The first-order valence-corrected chi connectivity index (χ1v) is 5.30. The summed E-state index contributed by atoms with van der Waals surface area (Å²) < 4.78 is 1.69. The second-order valence-corrected chi connectivity index (χ2v) is 3.86. The molecule has 0 bridgehead atoms. The lowest BCUT2D eigenvalue weighted by Gasteiger charge is -2.18. The molecule has 0 aromatic carbocycles. The molecule has 1 atom stereocenters. The standard InChI is InChI=1S/C11H19N3O/c1-5-14-9(4)10(7(2)6-12)8(3)13-11(14)15/h7H,5-6,12H2,1-4H3. The fourth-order valence-corrected chi connectivity index (χ4v) is 2.02. The fraction of sp³-hybridized carbons (Fsp3) is 0.636. The van der Waals surface area contributed by atoms with Crippen LogP contribution in [0.4, 0.5) is 0 Å². The van der Waals surface area contributed by atoms with E-state index >= 15 is 0 Å². The van der Waals surface area contributed by atoms with E-state index in [9.17, 15) is 4.79 Å². The molecule has 2 N–H and O–H groups in total. The van der Waals surface area contributed by atoms with Gasteiger partial charge in [0.25, 0.3) is 0 Å². The van der Waals surface area contributed by atoms with Crippen LogP contribution in [-0.2, 0) is 6.54 Å². The van der Waals surface area contributed by atoms with E-state index in [0.717, 1.165) is 17.0 Å². The molecule has 0 aliphatic rings. The fourth-order valence-electron chi connectivity index (χ4n) is 2.02. The van der Waals surface area contributed by atoms with Crippen LogP contribution in [0.25, 0.3) is 0 Å². The van der Waals surface area contributed by atoms with Gasteiger partial charge in [0.2, 0.25) is 0 Å². The molecule has 0 spiro atoms. The van der Waals surface area contributed by atoms with E-state index < -0.39 is 0 Å². The highest BCUT2D eigenvalue weighted by molar-refractivity contribution is 5.27. The average Bonchev–Trinajstić information content (AvgIpc) is 2.17. The lowest BCUT2D eigenvalue weighted by atomic mass is 9.98. The van der Waals surface area contributed by atoms with Crippen molar-refractivity contribution in [1.82, 2.24) is 9.55 Å². The first-order valence-electron chi connectivity index (χ1n) is 5.30. The van der Waals surface area contributed by atoms with Crippen LogP contribution < -0.4 is 11.4 Å². The Balaban J connectivity index is 3.45. The lowest BCUT2D eigenvalue weighted by molar-refractivity contribution is 0.634. The lowest BCUT2D eigenvalue weighted by Crippen LogP contribution is -2.28. The van der Waals surface area contributed by atoms with E-state index in [1.165, 1.54) is 0 Å². The van der Waals surface area contributed by atoms with Crippen molar-refractivity contribution in [3.8, 4) is 0 Å². The van der Waals surface area contributed by atoms with Crippen LogP contribution in [0.5, 0.6) is 0 Å². The summed E-state index contributed by atoms with van der Waals surface area (Å²) in [5.41, 5.74) is 8.40. The van der Waals surface area contributed by atoms with Gasteiger partial charge < -0.3 is 5.73 Å². The Kier molecular flexibility index (Phi) is 3.63. The summed E-state index contributed by atoms with van der Waals surface area (Å²) in [7, 11) is 0. The van der Waals surface area contributed by atoms with E-state index in [1.807, 2.05) is 20.8 Å². The van der Waals surface area contributed by atoms with Gasteiger partial charge in [-0.3, -0.25) is 4.57 Å². The van der Waals surface area contributed by atoms with Gasteiger partial charge in [-0.05, 0) is 38.8 Å². The maximum Gasteiger partial charge on any atom is 0.347 e. The van der Waals surface area contributed by atoms with Crippen molar-refractivity contribution < 1.29 is 0 Å². The number of aromatic nitrogens is 2. The summed E-state index contributed by atoms with van der Waals surface area (Å²) in [6.07, 6.45) is 0. The zero-order valence-electron chi connectivity index (χ0n) is 9.87. The van der Waals surface area contributed by atoms with E-state index in [1.54, 1.807) is 4.57 Å². The Labute approximate surface area is 90.1 Å². The summed E-state index contributed by atoms with van der Waals surface area (Å²) in [5, 5.41) is 0. The van der Waals surface area contributed by atoms with Crippen LogP contribution in [0, 0.1) is 13.8 Å². The van der Waals surface area contributed by atoms with Gasteiger partial charge in [0.05, 0.1) is 0 Å². The number of rotatable bonds is 3. The molecule has 0 radical (unpaired) electrons. The number of aryl methyl sites for hydroxylation is 1. The molecule has 1 aromatic rings. The summed E-state index contributed by atoms with van der Waals surface area (Å²) in [6, 6.07) is 0. The molecule has 0 saturated heterocycles. The molecule has 0 fully saturated rings. The van der Waals surface area contributed by atoms with E-state index in [-0.39, 0.29) is 11.6 Å². The molecular formula is C11H19N3O. The monoisotopic (exact) mass is 209 g/mol. The molecule has 4 heteroatoms. The third kappa shape index (κ3) is 2.09. The Morgan fingerprint density at radius 2 is 2.07 bits per heavy atom. The first kappa shape index (κ1) is 11.9. The molecule has 0 aliphatic heterocycles. The predicted molar refractivity (Wildman–Crippen MR) is 61.1 cm³/mol. The molecule has 1 aromatic heterocycles. The molecule has 84 valence electrons. The van der Waals surface area contributed by atoms with Gasteiger partial charge in [0, 0.05) is 17.9 Å². The van der Waals surface area contributed by atoms with Crippen LogP contribution in [0.3, 0.4) is 0 Å². The normalized spacial score (nSPS) is 12.9. The molecule has 4 nitrogen and oxygen atoms in total. The maximum absolute atomic E-state index is 11.6. The van der Waals surface area contributed by atoms with Crippen LogP contribution in [0.2, 0.25) is 0 Å². The van der Waals surface area contributed by atoms with Crippen molar-refractivity contribution >= 4 is 0 Å². The summed E-state index contributed by atoms with van der Waals surface area (Å²) in [4.78, 5) is 15.6. The van der Waals surface area contributed by atoms with Crippen molar-refractivity contribution in [2.45, 2.75) is 40.2 Å². The summed E-state index contributed by atoms with van der Waals surface area (Å²) >= 11 is 0. The molecule has 1 rings (SSSR count). The topological polar surface area (TPSA) is 60.9 Å². The maximum atomic E-state index is 11.6. The van der Waals surface area contributed by atoms with E-state index in [4.69, 9.17) is 5.73 Å². The van der Waals surface area contributed by atoms with Crippen LogP contribution in [0.15, 0.2) is 4.79 Å². The Morgan fingerprint density at radius 3 is 2.53 bits per heavy atom. The van der Waals surface area contributed by atoms with Gasteiger partial charge in [-0.25, -0.2) is 4.79 Å². The Morgan fingerprint density at radius 1 is 1.47 bits per heavy atom. The van der Waals surface area contributed by atoms with Crippen molar-refractivity contribution in [2.75, 3.05) is 6.54 Å². The Hall–Kier alpha value is -1.16. The van der Waals surface area contributed by atoms with Crippen molar-refractivity contribution in [3.05, 3.63) is 27.4 Å². The quantitative estimate of drug-likeness (QED) is 0.806. The van der Waals surface area contributed by atoms with Crippen molar-refractivity contribution in [2.24, 2.45) is 5.73 Å². The summed E-state index contributed by atoms with van der Waals surface area (Å²) in [6.45, 7) is 9.06. The summed E-state index contributed by atoms with van der Waals surface area (Å²) in [5.74, 6) is 0.246. The van der Waals surface area contributed by atoms with Crippen molar-refractivity contribution in [1.29, 1.82) is 0 Å². The van der Waals surface area contributed by atoms with Gasteiger partial charge in [-0.2, -0.15) is 4.98 Å². The minimum absolute atomic E-state index is 0.166. The van der Waals surface area contributed by atoms with Crippen LogP contribution >= 0.6 is 0 Å². The highest BCUT2D eigenvalue weighted by Crippen LogP contribution is 2.19. The van der Waals surface area contributed by atoms with Crippen LogP contribution in [0.1, 0.15) is 36.7 Å². The smallest absolute Gasteiger partial charge is 0.330 e. The van der Waals surface area contributed by atoms with Crippen LogP contribution in [-0.4, -0.2) is 16.1 Å². The average molecular weight is 209 g/mol. The SMILES string of the molecule is CCn1c(C)c(C(C)CN)c(C)nc1=O.